The highest BCUT2D eigenvalue weighted by Crippen LogP contribution is 2.40. The average molecular weight is 442 g/mol. The van der Waals surface area contributed by atoms with E-state index in [1.165, 1.54) is 12.1 Å². The van der Waals surface area contributed by atoms with Gasteiger partial charge in [0.1, 0.15) is 11.5 Å². The number of anilines is 1. The summed E-state index contributed by atoms with van der Waals surface area (Å²) in [5, 5.41) is 29.9. The smallest absolute Gasteiger partial charge is 0.251 e. The summed E-state index contributed by atoms with van der Waals surface area (Å²) in [5.41, 5.74) is 3.78. The third-order valence-electron chi connectivity index (χ3n) is 5.49. The van der Waals surface area contributed by atoms with Crippen LogP contribution in [0.15, 0.2) is 42.6 Å². The number of piperazine rings is 1. The van der Waals surface area contributed by atoms with Gasteiger partial charge >= 0.3 is 0 Å². The molecule has 0 aliphatic carbocycles. The Bertz CT molecular complexity index is 1090. The van der Waals surface area contributed by atoms with Crippen LogP contribution in [0.3, 0.4) is 0 Å². The molecule has 31 heavy (non-hydrogen) atoms. The maximum absolute atomic E-state index is 11.9. The molecule has 0 spiro atoms. The van der Waals surface area contributed by atoms with E-state index in [0.717, 1.165) is 44.0 Å². The van der Waals surface area contributed by atoms with Crippen molar-refractivity contribution in [2.24, 2.45) is 0 Å². The third kappa shape index (κ3) is 4.45. The monoisotopic (exact) mass is 441 g/mol. The summed E-state index contributed by atoms with van der Waals surface area (Å²) in [5.74, 6) is -0.322. The van der Waals surface area contributed by atoms with Crippen molar-refractivity contribution in [1.82, 2.24) is 20.4 Å². The van der Waals surface area contributed by atoms with Crippen molar-refractivity contribution < 1.29 is 15.0 Å². The van der Waals surface area contributed by atoms with E-state index < -0.39 is 0 Å². The molecule has 9 heteroatoms. The molecule has 1 fully saturated rings. The molecule has 4 rings (SSSR count). The zero-order chi connectivity index (χ0) is 22.0. The first-order valence-electron chi connectivity index (χ1n) is 10.00. The fourth-order valence-corrected chi connectivity index (χ4v) is 3.99. The molecule has 8 nitrogen and oxygen atoms in total. The largest absolute Gasteiger partial charge is 0.507 e. The number of aromatic amines is 1. The minimum absolute atomic E-state index is 0.0676. The molecule has 1 saturated heterocycles. The van der Waals surface area contributed by atoms with Gasteiger partial charge in [0.15, 0.2) is 0 Å². The Morgan fingerprint density at radius 2 is 1.94 bits per heavy atom. The molecule has 2 heterocycles. The maximum atomic E-state index is 11.9. The predicted octanol–water partition coefficient (Wildman–Crippen LogP) is 2.82. The number of nitrogens with one attached hydrogen (secondary N) is 2. The van der Waals surface area contributed by atoms with Gasteiger partial charge < -0.3 is 20.4 Å². The van der Waals surface area contributed by atoms with Crippen molar-refractivity contribution in [2.45, 2.75) is 6.54 Å². The van der Waals surface area contributed by atoms with Crippen LogP contribution in [0.2, 0.25) is 5.02 Å². The van der Waals surface area contributed by atoms with Crippen LogP contribution in [0, 0.1) is 0 Å². The van der Waals surface area contributed by atoms with Gasteiger partial charge in [-0.25, -0.2) is 0 Å². The van der Waals surface area contributed by atoms with Gasteiger partial charge in [0.2, 0.25) is 0 Å². The van der Waals surface area contributed by atoms with Crippen LogP contribution in [0.5, 0.6) is 11.5 Å². The fourth-order valence-electron chi connectivity index (χ4n) is 3.83. The molecular formula is C22H24ClN5O3. The number of rotatable bonds is 5. The lowest BCUT2D eigenvalue weighted by Gasteiger charge is -2.36. The summed E-state index contributed by atoms with van der Waals surface area (Å²) >= 11 is 6.04. The second-order valence-corrected chi connectivity index (χ2v) is 7.90. The maximum Gasteiger partial charge on any atom is 0.251 e. The van der Waals surface area contributed by atoms with Gasteiger partial charge in [-0.2, -0.15) is 5.10 Å². The van der Waals surface area contributed by atoms with E-state index in [-0.39, 0.29) is 22.4 Å². The van der Waals surface area contributed by atoms with Gasteiger partial charge in [-0.05, 0) is 23.8 Å². The van der Waals surface area contributed by atoms with Crippen molar-refractivity contribution in [3.8, 4) is 22.8 Å². The number of hydrogen-bond donors (Lipinski definition) is 4. The van der Waals surface area contributed by atoms with Crippen molar-refractivity contribution in [1.29, 1.82) is 0 Å². The van der Waals surface area contributed by atoms with Gasteiger partial charge in [-0.1, -0.05) is 23.7 Å². The number of halogens is 1. The number of aromatic hydroxyl groups is 2. The van der Waals surface area contributed by atoms with Crippen LogP contribution in [0.25, 0.3) is 11.3 Å². The lowest BCUT2D eigenvalue weighted by Crippen LogP contribution is -2.46. The SMILES string of the molecule is CNC(=O)c1cccc(CN2CCN(c3cn[nH]c3-c3cc(Cl)c(O)cc3O)CC2)c1. The summed E-state index contributed by atoms with van der Waals surface area (Å²) in [6.07, 6.45) is 1.73. The molecule has 1 aliphatic rings. The second-order valence-electron chi connectivity index (χ2n) is 7.49. The number of carbonyl (C=O) groups is 1. The zero-order valence-electron chi connectivity index (χ0n) is 17.1. The first kappa shape index (κ1) is 21.0. The molecule has 1 amide bonds. The normalized spacial score (nSPS) is 14.6. The van der Waals surface area contributed by atoms with Crippen molar-refractivity contribution in [3.05, 3.63) is 58.7 Å². The highest BCUT2D eigenvalue weighted by atomic mass is 35.5. The predicted molar refractivity (Wildman–Crippen MR) is 120 cm³/mol. The topological polar surface area (TPSA) is 105 Å². The molecule has 0 atom stereocenters. The van der Waals surface area contributed by atoms with Crippen LogP contribution < -0.4 is 10.2 Å². The summed E-state index contributed by atoms with van der Waals surface area (Å²) in [4.78, 5) is 16.4. The quantitative estimate of drug-likeness (QED) is 0.485. The first-order valence-corrected chi connectivity index (χ1v) is 10.4. The highest BCUT2D eigenvalue weighted by Gasteiger charge is 2.23. The van der Waals surface area contributed by atoms with Gasteiger partial charge in [0.05, 0.1) is 22.6 Å². The molecule has 1 aliphatic heterocycles. The van der Waals surface area contributed by atoms with Crippen LogP contribution in [0.4, 0.5) is 5.69 Å². The Morgan fingerprint density at radius 3 is 2.68 bits per heavy atom. The molecule has 0 unspecified atom stereocenters. The molecule has 0 saturated carbocycles. The Labute approximate surface area is 185 Å². The van der Waals surface area contributed by atoms with Crippen molar-refractivity contribution >= 4 is 23.2 Å². The molecule has 4 N–H and O–H groups in total. The Balaban J connectivity index is 1.44. The number of phenols is 2. The summed E-state index contributed by atoms with van der Waals surface area (Å²) < 4.78 is 0. The Hall–Kier alpha value is -3.23. The van der Waals surface area contributed by atoms with Crippen LogP contribution in [0.1, 0.15) is 15.9 Å². The molecule has 162 valence electrons. The van der Waals surface area contributed by atoms with Gasteiger partial charge in [0, 0.05) is 57.0 Å². The number of carbonyl (C=O) groups excluding carboxylic acids is 1. The van der Waals surface area contributed by atoms with E-state index in [9.17, 15) is 15.0 Å². The van der Waals surface area contributed by atoms with E-state index in [2.05, 4.69) is 25.3 Å². The van der Waals surface area contributed by atoms with Gasteiger partial charge in [0.25, 0.3) is 5.91 Å². The Morgan fingerprint density at radius 1 is 1.16 bits per heavy atom. The average Bonchev–Trinajstić information content (AvgIpc) is 3.26. The van der Waals surface area contributed by atoms with Crippen LogP contribution >= 0.6 is 11.6 Å². The number of aromatic nitrogens is 2. The van der Waals surface area contributed by atoms with E-state index in [1.807, 2.05) is 24.3 Å². The third-order valence-corrected chi connectivity index (χ3v) is 5.79. The van der Waals surface area contributed by atoms with Gasteiger partial charge in [-0.3, -0.25) is 14.8 Å². The molecule has 3 aromatic rings. The van der Waals surface area contributed by atoms with Crippen molar-refractivity contribution in [2.75, 3.05) is 38.1 Å². The summed E-state index contributed by atoms with van der Waals surface area (Å²) in [7, 11) is 1.63. The van der Waals surface area contributed by atoms with E-state index >= 15 is 0 Å². The summed E-state index contributed by atoms with van der Waals surface area (Å²) in [6.45, 7) is 4.03. The van der Waals surface area contributed by atoms with Crippen molar-refractivity contribution in [3.63, 3.8) is 0 Å². The molecule has 0 radical (unpaired) electrons. The number of amides is 1. The summed E-state index contributed by atoms with van der Waals surface area (Å²) in [6, 6.07) is 10.4. The highest BCUT2D eigenvalue weighted by molar-refractivity contribution is 6.32. The molecule has 2 aromatic carbocycles. The first-order chi connectivity index (χ1) is 15.0. The minimum Gasteiger partial charge on any atom is -0.507 e. The standard InChI is InChI=1S/C22H24ClN5O3/c1-24-22(31)15-4-2-3-14(9-15)13-27-5-7-28(8-6-27)18-12-25-26-21(18)16-10-17(23)20(30)11-19(16)29/h2-4,9-12,29-30H,5-8,13H2,1H3,(H,24,31)(H,25,26). The second kappa shape index (κ2) is 8.87. The molecular weight excluding hydrogens is 418 g/mol. The number of benzene rings is 2. The number of nitrogens with zero attached hydrogens (tertiary/aromatic N) is 3. The molecule has 1 aromatic heterocycles. The van der Waals surface area contributed by atoms with Crippen LogP contribution in [-0.2, 0) is 6.54 Å². The fraction of sp³-hybridized carbons (Fsp3) is 0.273. The number of hydrogen-bond acceptors (Lipinski definition) is 6. The van der Waals surface area contributed by atoms with E-state index in [1.54, 1.807) is 13.2 Å². The lowest BCUT2D eigenvalue weighted by atomic mass is 10.1. The lowest BCUT2D eigenvalue weighted by molar-refractivity contribution is 0.0963. The van der Waals surface area contributed by atoms with Gasteiger partial charge in [-0.15, -0.1) is 0 Å². The van der Waals surface area contributed by atoms with E-state index in [4.69, 9.17) is 11.6 Å². The number of phenolic OH excluding ortho intramolecular Hbond substituents is 2. The number of H-pyrrole nitrogens is 1. The zero-order valence-corrected chi connectivity index (χ0v) is 17.9. The molecule has 0 bridgehead atoms. The minimum atomic E-state index is -0.168. The van der Waals surface area contributed by atoms with E-state index in [0.29, 0.717) is 16.8 Å². The Kier molecular flexibility index (Phi) is 6.01. The van der Waals surface area contributed by atoms with Crippen LogP contribution in [-0.4, -0.2) is 64.4 Å².